The molecule has 0 bridgehead atoms. The highest BCUT2D eigenvalue weighted by Gasteiger charge is 2.40. The van der Waals surface area contributed by atoms with E-state index in [2.05, 4.69) is 53.6 Å². The molecule has 0 spiro atoms. The molecule has 2 atom stereocenters. The Kier molecular flexibility index (Phi) is 5.31. The van der Waals surface area contributed by atoms with E-state index in [-0.39, 0.29) is 6.04 Å². The summed E-state index contributed by atoms with van der Waals surface area (Å²) in [5, 5.41) is 36.7. The zero-order chi connectivity index (χ0) is 24.2. The molecule has 0 aliphatic carbocycles. The Morgan fingerprint density at radius 2 is 1.83 bits per heavy atom. The number of anilines is 2. The third kappa shape index (κ3) is 3.60. The van der Waals surface area contributed by atoms with E-state index in [0.29, 0.717) is 27.9 Å². The first-order valence-electron chi connectivity index (χ1n) is 10.7. The van der Waals surface area contributed by atoms with E-state index in [1.165, 1.54) is 0 Å². The first-order chi connectivity index (χ1) is 16.9. The van der Waals surface area contributed by atoms with E-state index in [9.17, 15) is 5.11 Å². The average molecular weight is 597 g/mol. The van der Waals surface area contributed by atoms with E-state index in [1.807, 2.05) is 73.8 Å². The van der Waals surface area contributed by atoms with Crippen molar-refractivity contribution in [3.63, 3.8) is 0 Å². The number of halogens is 2. The largest absolute Gasteiger partial charge is 0.373 e. The Morgan fingerprint density at radius 3 is 2.57 bits per heavy atom. The number of hydrogen-bond donors (Lipinski definition) is 2. The number of benzene rings is 3. The lowest BCUT2D eigenvalue weighted by Gasteiger charge is -2.32. The van der Waals surface area contributed by atoms with Gasteiger partial charge < -0.3 is 15.0 Å². The van der Waals surface area contributed by atoms with Crippen LogP contribution in [0.4, 0.5) is 11.6 Å². The van der Waals surface area contributed by atoms with Crippen LogP contribution in [0.15, 0.2) is 73.1 Å². The molecule has 3 aromatic carbocycles. The van der Waals surface area contributed by atoms with Crippen molar-refractivity contribution in [2.24, 2.45) is 7.05 Å². The summed E-state index contributed by atoms with van der Waals surface area (Å²) in [7, 11) is 1.81. The molecule has 9 nitrogen and oxygen atoms in total. The summed E-state index contributed by atoms with van der Waals surface area (Å²) >= 11 is 8.58. The molecule has 1 aliphatic heterocycles. The van der Waals surface area contributed by atoms with Gasteiger partial charge in [-0.25, -0.2) is 0 Å². The van der Waals surface area contributed by atoms with Gasteiger partial charge in [-0.3, -0.25) is 0 Å². The highest BCUT2D eigenvalue weighted by molar-refractivity contribution is 14.1. The molecule has 0 saturated heterocycles. The van der Waals surface area contributed by atoms with Crippen LogP contribution < -0.4 is 5.32 Å². The lowest BCUT2D eigenvalue weighted by atomic mass is 9.83. The van der Waals surface area contributed by atoms with Gasteiger partial charge >= 0.3 is 0 Å². The van der Waals surface area contributed by atoms with Crippen LogP contribution in [0.3, 0.4) is 0 Å². The zero-order valence-electron chi connectivity index (χ0n) is 18.3. The van der Waals surface area contributed by atoms with Gasteiger partial charge in [0, 0.05) is 26.9 Å². The Bertz CT molecular complexity index is 1550. The Balaban J connectivity index is 1.58. The SMILES string of the molecule is Cn1cnnc1C(O)(c1ccc(I)cc1)c1ccc2c(c1)C(c1cccc(Cl)c1)n1nnnc1N2. The normalized spacial score (nSPS) is 16.2. The topological polar surface area (TPSA) is 107 Å². The number of nitrogens with one attached hydrogen (secondary N) is 1. The number of fused-ring (bicyclic) bond motifs is 2. The lowest BCUT2D eigenvalue weighted by molar-refractivity contribution is 0.112. The number of hydrogen-bond acceptors (Lipinski definition) is 7. The molecule has 2 aromatic heterocycles. The summed E-state index contributed by atoms with van der Waals surface area (Å²) in [6.45, 7) is 0. The fraction of sp³-hybridized carbons (Fsp3) is 0.125. The standard InChI is InChI=1S/C24H18ClIN8O/c1-33-13-27-29-22(33)24(35,15-5-8-18(26)9-6-15)16-7-10-20-19(12-16)21(14-3-2-4-17(25)11-14)34-23(28-20)30-31-32-34/h2-13,21,35H,1H3,(H,28,30,32). The van der Waals surface area contributed by atoms with E-state index >= 15 is 0 Å². The van der Waals surface area contributed by atoms with E-state index in [0.717, 1.165) is 20.4 Å². The van der Waals surface area contributed by atoms with Gasteiger partial charge in [0.25, 0.3) is 0 Å². The number of aliphatic hydroxyl groups is 1. The van der Waals surface area contributed by atoms with Gasteiger partial charge in [0.2, 0.25) is 5.95 Å². The van der Waals surface area contributed by atoms with Crippen LogP contribution in [-0.4, -0.2) is 40.1 Å². The number of tetrazole rings is 1. The van der Waals surface area contributed by atoms with Gasteiger partial charge in [-0.15, -0.1) is 10.2 Å². The molecule has 35 heavy (non-hydrogen) atoms. The molecule has 11 heteroatoms. The van der Waals surface area contributed by atoms with Crippen LogP contribution in [0.25, 0.3) is 0 Å². The number of nitrogens with zero attached hydrogens (tertiary/aromatic N) is 7. The number of aromatic nitrogens is 7. The minimum absolute atomic E-state index is 0.352. The second-order valence-electron chi connectivity index (χ2n) is 8.31. The van der Waals surface area contributed by atoms with Crippen molar-refractivity contribution in [3.05, 3.63) is 110 Å². The summed E-state index contributed by atoms with van der Waals surface area (Å²) < 4.78 is 4.50. The number of rotatable bonds is 4. The molecule has 174 valence electrons. The van der Waals surface area contributed by atoms with Crippen molar-refractivity contribution in [1.29, 1.82) is 0 Å². The van der Waals surface area contributed by atoms with E-state index < -0.39 is 5.60 Å². The maximum absolute atomic E-state index is 12.3. The molecule has 0 saturated carbocycles. The molecule has 0 radical (unpaired) electrons. The molecular weight excluding hydrogens is 579 g/mol. The van der Waals surface area contributed by atoms with Crippen LogP contribution in [0.5, 0.6) is 0 Å². The second-order valence-corrected chi connectivity index (χ2v) is 10.00. The quantitative estimate of drug-likeness (QED) is 0.296. The van der Waals surface area contributed by atoms with E-state index in [4.69, 9.17) is 11.6 Å². The predicted octanol–water partition coefficient (Wildman–Crippen LogP) is 4.04. The van der Waals surface area contributed by atoms with Gasteiger partial charge in [0.15, 0.2) is 11.4 Å². The van der Waals surface area contributed by atoms with Crippen LogP contribution in [0.2, 0.25) is 5.02 Å². The summed E-state index contributed by atoms with van der Waals surface area (Å²) in [6, 6.07) is 20.7. The van der Waals surface area contributed by atoms with Crippen molar-refractivity contribution in [3.8, 4) is 0 Å². The van der Waals surface area contributed by atoms with Crippen molar-refractivity contribution in [2.75, 3.05) is 5.32 Å². The zero-order valence-corrected chi connectivity index (χ0v) is 21.3. The summed E-state index contributed by atoms with van der Waals surface area (Å²) in [6.07, 6.45) is 1.58. The van der Waals surface area contributed by atoms with Crippen LogP contribution >= 0.6 is 34.2 Å². The van der Waals surface area contributed by atoms with Crippen molar-refractivity contribution in [1.82, 2.24) is 35.0 Å². The summed E-state index contributed by atoms with van der Waals surface area (Å²) in [5.41, 5.74) is 2.41. The molecule has 3 heterocycles. The van der Waals surface area contributed by atoms with Gasteiger partial charge in [-0.05, 0) is 86.1 Å². The number of aryl methyl sites for hydroxylation is 1. The highest BCUT2D eigenvalue weighted by atomic mass is 127. The lowest BCUT2D eigenvalue weighted by Crippen LogP contribution is -2.33. The van der Waals surface area contributed by atoms with Crippen molar-refractivity contribution < 1.29 is 5.11 Å². The molecule has 1 aliphatic rings. The first-order valence-corrected chi connectivity index (χ1v) is 12.2. The second kappa shape index (κ2) is 8.40. The Labute approximate surface area is 218 Å². The Morgan fingerprint density at radius 1 is 1.03 bits per heavy atom. The monoisotopic (exact) mass is 596 g/mol. The van der Waals surface area contributed by atoms with Crippen LogP contribution in [0.1, 0.15) is 34.1 Å². The molecule has 0 amide bonds. The van der Waals surface area contributed by atoms with Crippen molar-refractivity contribution >= 4 is 45.8 Å². The maximum Gasteiger partial charge on any atom is 0.248 e. The van der Waals surface area contributed by atoms with Gasteiger partial charge in [-0.1, -0.05) is 47.0 Å². The van der Waals surface area contributed by atoms with Gasteiger partial charge in [-0.2, -0.15) is 4.68 Å². The van der Waals surface area contributed by atoms with E-state index in [1.54, 1.807) is 15.6 Å². The summed E-state index contributed by atoms with van der Waals surface area (Å²) in [4.78, 5) is 0. The predicted molar refractivity (Wildman–Crippen MR) is 138 cm³/mol. The fourth-order valence-electron chi connectivity index (χ4n) is 4.55. The molecule has 0 fully saturated rings. The molecule has 2 unspecified atom stereocenters. The minimum Gasteiger partial charge on any atom is -0.373 e. The highest BCUT2D eigenvalue weighted by Crippen LogP contribution is 2.43. The molecule has 6 rings (SSSR count). The van der Waals surface area contributed by atoms with Crippen LogP contribution in [0, 0.1) is 3.57 Å². The molecule has 2 N–H and O–H groups in total. The van der Waals surface area contributed by atoms with Crippen molar-refractivity contribution in [2.45, 2.75) is 11.6 Å². The van der Waals surface area contributed by atoms with Gasteiger partial charge in [0.05, 0.1) is 0 Å². The minimum atomic E-state index is -1.55. The fourth-order valence-corrected chi connectivity index (χ4v) is 5.11. The Hall–Kier alpha value is -3.35. The van der Waals surface area contributed by atoms with Crippen LogP contribution in [-0.2, 0) is 12.6 Å². The maximum atomic E-state index is 12.3. The van der Waals surface area contributed by atoms with Gasteiger partial charge in [0.1, 0.15) is 12.4 Å². The first kappa shape index (κ1) is 22.1. The average Bonchev–Trinajstić information content (AvgIpc) is 3.51. The smallest absolute Gasteiger partial charge is 0.248 e. The molecule has 5 aromatic rings. The third-order valence-electron chi connectivity index (χ3n) is 6.21. The molecular formula is C24H18ClIN8O. The third-order valence-corrected chi connectivity index (χ3v) is 7.16. The summed E-state index contributed by atoms with van der Waals surface area (Å²) in [5.74, 6) is 0.932.